The Hall–Kier alpha value is -1.10. The molecule has 1 rings (SSSR count). The molecule has 0 bridgehead atoms. The van der Waals surface area contributed by atoms with Gasteiger partial charge in [-0.1, -0.05) is 6.92 Å². The summed E-state index contributed by atoms with van der Waals surface area (Å²) < 4.78 is 0. The van der Waals surface area contributed by atoms with E-state index in [1.165, 1.54) is 0 Å². The van der Waals surface area contributed by atoms with E-state index in [0.717, 1.165) is 26.1 Å². The Kier molecular flexibility index (Phi) is 5.14. The summed E-state index contributed by atoms with van der Waals surface area (Å²) in [6.07, 6.45) is 1.20. The predicted octanol–water partition coefficient (Wildman–Crippen LogP) is 1.04. The van der Waals surface area contributed by atoms with Gasteiger partial charge in [0.1, 0.15) is 0 Å². The summed E-state index contributed by atoms with van der Waals surface area (Å²) in [4.78, 5) is 27.2. The molecule has 104 valence electrons. The average Bonchev–Trinajstić information content (AvgIpc) is 2.29. The summed E-state index contributed by atoms with van der Waals surface area (Å²) >= 11 is 0. The summed E-state index contributed by atoms with van der Waals surface area (Å²) in [7, 11) is 0. The number of nitrogens with zero attached hydrogens (tertiary/aromatic N) is 2. The molecule has 1 heterocycles. The van der Waals surface area contributed by atoms with Crippen LogP contribution in [0.25, 0.3) is 0 Å². The molecule has 0 saturated carbocycles. The Morgan fingerprint density at radius 2 is 1.72 bits per heavy atom. The van der Waals surface area contributed by atoms with Crippen LogP contribution in [0.1, 0.15) is 33.6 Å². The van der Waals surface area contributed by atoms with Gasteiger partial charge in [0.2, 0.25) is 5.91 Å². The van der Waals surface area contributed by atoms with Crippen molar-refractivity contribution < 1.29 is 14.7 Å². The van der Waals surface area contributed by atoms with Crippen LogP contribution in [0.3, 0.4) is 0 Å². The number of hydrogen-bond acceptors (Lipinski definition) is 3. The highest BCUT2D eigenvalue weighted by Crippen LogP contribution is 2.22. The first-order valence-corrected chi connectivity index (χ1v) is 6.60. The molecule has 18 heavy (non-hydrogen) atoms. The van der Waals surface area contributed by atoms with Gasteiger partial charge in [0.05, 0.1) is 5.41 Å². The minimum absolute atomic E-state index is 0.0430. The fourth-order valence-corrected chi connectivity index (χ4v) is 2.10. The Morgan fingerprint density at radius 3 is 2.17 bits per heavy atom. The molecule has 1 saturated heterocycles. The van der Waals surface area contributed by atoms with Crippen LogP contribution in [0.5, 0.6) is 0 Å². The Labute approximate surface area is 109 Å². The van der Waals surface area contributed by atoms with Crippen molar-refractivity contribution in [3.8, 4) is 0 Å². The molecule has 5 heteroatoms. The molecule has 0 aliphatic carbocycles. The van der Waals surface area contributed by atoms with Gasteiger partial charge in [-0.25, -0.2) is 0 Å². The summed E-state index contributed by atoms with van der Waals surface area (Å²) in [5, 5.41) is 9.02. The smallest absolute Gasteiger partial charge is 0.309 e. The fourth-order valence-electron chi connectivity index (χ4n) is 2.10. The quantitative estimate of drug-likeness (QED) is 0.798. The first-order valence-electron chi connectivity index (χ1n) is 6.60. The zero-order valence-corrected chi connectivity index (χ0v) is 11.6. The van der Waals surface area contributed by atoms with Crippen molar-refractivity contribution >= 4 is 11.9 Å². The van der Waals surface area contributed by atoms with Crippen molar-refractivity contribution in [1.29, 1.82) is 0 Å². The van der Waals surface area contributed by atoms with Crippen molar-refractivity contribution in [2.45, 2.75) is 33.6 Å². The molecule has 0 aromatic rings. The number of aliphatic carboxylic acids is 1. The molecule has 0 spiro atoms. The fraction of sp³-hybridized carbons (Fsp3) is 0.846. The molecule has 1 aliphatic heterocycles. The lowest BCUT2D eigenvalue weighted by Gasteiger charge is -2.35. The standard InChI is InChI=1S/C13H24N2O3/c1-4-5-14-6-8-15(9-7-14)11(16)10-13(2,3)12(17)18/h4-10H2,1-3H3,(H,17,18). The zero-order chi connectivity index (χ0) is 13.8. The molecule has 1 aliphatic rings. The predicted molar refractivity (Wildman–Crippen MR) is 69.3 cm³/mol. The van der Waals surface area contributed by atoms with Crippen molar-refractivity contribution in [2.24, 2.45) is 5.41 Å². The first kappa shape index (κ1) is 15.0. The Morgan fingerprint density at radius 1 is 1.17 bits per heavy atom. The molecule has 1 amide bonds. The summed E-state index contributed by atoms with van der Waals surface area (Å²) in [6.45, 7) is 9.64. The molecule has 0 aromatic carbocycles. The van der Waals surface area contributed by atoms with E-state index in [4.69, 9.17) is 5.11 Å². The molecule has 0 aromatic heterocycles. The first-order chi connectivity index (χ1) is 8.36. The average molecular weight is 256 g/mol. The number of piperazine rings is 1. The zero-order valence-electron chi connectivity index (χ0n) is 11.6. The number of hydrogen-bond donors (Lipinski definition) is 1. The van der Waals surface area contributed by atoms with Crippen LogP contribution in [0, 0.1) is 5.41 Å². The Balaban J connectivity index is 2.43. The second-order valence-corrected chi connectivity index (χ2v) is 5.59. The SMILES string of the molecule is CCCN1CCN(C(=O)CC(C)(C)C(=O)O)CC1. The molecule has 0 unspecified atom stereocenters. The lowest BCUT2D eigenvalue weighted by molar-refractivity contribution is -0.151. The van der Waals surface area contributed by atoms with Crippen molar-refractivity contribution in [3.63, 3.8) is 0 Å². The minimum atomic E-state index is -0.975. The maximum Gasteiger partial charge on any atom is 0.309 e. The van der Waals surface area contributed by atoms with E-state index in [1.54, 1.807) is 18.7 Å². The van der Waals surface area contributed by atoms with E-state index >= 15 is 0 Å². The van der Waals surface area contributed by atoms with Gasteiger partial charge in [-0.3, -0.25) is 14.5 Å². The third kappa shape index (κ3) is 3.98. The van der Waals surface area contributed by atoms with E-state index < -0.39 is 11.4 Å². The summed E-state index contributed by atoms with van der Waals surface area (Å²) in [5.41, 5.74) is -0.975. The van der Waals surface area contributed by atoms with Crippen LogP contribution in [-0.2, 0) is 9.59 Å². The van der Waals surface area contributed by atoms with Crippen LogP contribution in [-0.4, -0.2) is 59.5 Å². The van der Waals surface area contributed by atoms with Gasteiger partial charge >= 0.3 is 5.97 Å². The molecular weight excluding hydrogens is 232 g/mol. The molecule has 1 N–H and O–H groups in total. The maximum absolute atomic E-state index is 12.0. The normalized spacial score (nSPS) is 17.8. The van der Waals surface area contributed by atoms with E-state index in [0.29, 0.717) is 13.1 Å². The van der Waals surface area contributed by atoms with Gasteiger partial charge in [-0.15, -0.1) is 0 Å². The number of carboxylic acids is 1. The topological polar surface area (TPSA) is 60.9 Å². The van der Waals surface area contributed by atoms with Crippen LogP contribution < -0.4 is 0 Å². The molecular formula is C13H24N2O3. The van der Waals surface area contributed by atoms with Crippen LogP contribution in [0.15, 0.2) is 0 Å². The largest absolute Gasteiger partial charge is 0.481 e. The number of carboxylic acid groups (broad SMARTS) is 1. The van der Waals surface area contributed by atoms with Gasteiger partial charge in [0.25, 0.3) is 0 Å². The van der Waals surface area contributed by atoms with Gasteiger partial charge < -0.3 is 10.0 Å². The van der Waals surface area contributed by atoms with E-state index in [1.807, 2.05) is 0 Å². The molecule has 0 atom stereocenters. The van der Waals surface area contributed by atoms with Crippen LogP contribution in [0.4, 0.5) is 0 Å². The lowest BCUT2D eigenvalue weighted by atomic mass is 9.89. The molecule has 0 radical (unpaired) electrons. The number of carbonyl (C=O) groups excluding carboxylic acids is 1. The second kappa shape index (κ2) is 6.18. The van der Waals surface area contributed by atoms with E-state index in [2.05, 4.69) is 11.8 Å². The third-order valence-electron chi connectivity index (χ3n) is 3.44. The monoisotopic (exact) mass is 256 g/mol. The third-order valence-corrected chi connectivity index (χ3v) is 3.44. The second-order valence-electron chi connectivity index (χ2n) is 5.59. The summed E-state index contributed by atoms with van der Waals surface area (Å²) in [5.74, 6) is -0.959. The van der Waals surface area contributed by atoms with Crippen LogP contribution in [0.2, 0.25) is 0 Å². The van der Waals surface area contributed by atoms with Gasteiger partial charge in [-0.05, 0) is 26.8 Å². The van der Waals surface area contributed by atoms with Crippen LogP contribution >= 0.6 is 0 Å². The van der Waals surface area contributed by atoms with Crippen molar-refractivity contribution in [3.05, 3.63) is 0 Å². The van der Waals surface area contributed by atoms with E-state index in [-0.39, 0.29) is 12.3 Å². The van der Waals surface area contributed by atoms with Gasteiger partial charge in [-0.2, -0.15) is 0 Å². The molecule has 1 fully saturated rings. The van der Waals surface area contributed by atoms with E-state index in [9.17, 15) is 9.59 Å². The minimum Gasteiger partial charge on any atom is -0.481 e. The van der Waals surface area contributed by atoms with Gasteiger partial charge in [0.15, 0.2) is 0 Å². The number of carbonyl (C=O) groups is 2. The number of rotatable bonds is 5. The molecule has 5 nitrogen and oxygen atoms in total. The Bertz CT molecular complexity index is 307. The van der Waals surface area contributed by atoms with Crippen molar-refractivity contribution in [1.82, 2.24) is 9.80 Å². The highest BCUT2D eigenvalue weighted by Gasteiger charge is 2.32. The lowest BCUT2D eigenvalue weighted by Crippen LogP contribution is -2.49. The number of amides is 1. The van der Waals surface area contributed by atoms with Gasteiger partial charge in [0, 0.05) is 32.6 Å². The maximum atomic E-state index is 12.0. The van der Waals surface area contributed by atoms with Crippen molar-refractivity contribution in [2.75, 3.05) is 32.7 Å². The highest BCUT2D eigenvalue weighted by atomic mass is 16.4. The summed E-state index contributed by atoms with van der Waals surface area (Å²) in [6, 6.07) is 0. The highest BCUT2D eigenvalue weighted by molar-refractivity contribution is 5.84.